The van der Waals surface area contributed by atoms with Crippen LogP contribution in [0.15, 0.2) is 4.99 Å². The lowest BCUT2D eigenvalue weighted by molar-refractivity contribution is 0.198. The maximum atomic E-state index is 12.1. The summed E-state index contributed by atoms with van der Waals surface area (Å²) in [6.07, 6.45) is 5.39. The van der Waals surface area contributed by atoms with Crippen molar-refractivity contribution in [3.63, 3.8) is 0 Å². The Morgan fingerprint density at radius 1 is 1.20 bits per heavy atom. The van der Waals surface area contributed by atoms with Crippen LogP contribution in [-0.2, 0) is 10.8 Å². The van der Waals surface area contributed by atoms with Crippen LogP contribution in [0.5, 0.6) is 0 Å². The van der Waals surface area contributed by atoms with Crippen LogP contribution in [0.25, 0.3) is 0 Å². The Bertz CT molecular complexity index is 447. The molecule has 2 saturated heterocycles. The highest BCUT2D eigenvalue weighted by atomic mass is 127. The number of rotatable bonds is 5. The predicted octanol–water partition coefficient (Wildman–Crippen LogP) is 2.53. The van der Waals surface area contributed by atoms with Gasteiger partial charge in [0.05, 0.1) is 0 Å². The molecule has 2 fully saturated rings. The second-order valence-electron chi connectivity index (χ2n) is 8.10. The van der Waals surface area contributed by atoms with Gasteiger partial charge in [0, 0.05) is 54.5 Å². The van der Waals surface area contributed by atoms with E-state index in [2.05, 4.69) is 20.1 Å². The molecule has 0 spiro atoms. The second-order valence-corrected chi connectivity index (χ2v) is 10.4. The molecule has 2 atom stereocenters. The Hall–Kier alpha value is 0.110. The monoisotopic (exact) mass is 484 g/mol. The Labute approximate surface area is 173 Å². The van der Waals surface area contributed by atoms with E-state index in [1.165, 1.54) is 45.3 Å². The summed E-state index contributed by atoms with van der Waals surface area (Å²) in [5, 5.41) is 3.41. The molecule has 2 heterocycles. The summed E-state index contributed by atoms with van der Waals surface area (Å²) in [7, 11) is 1.04. The van der Waals surface area contributed by atoms with Crippen LogP contribution < -0.4 is 5.32 Å². The molecular weight excluding hydrogens is 447 g/mol. The highest BCUT2D eigenvalue weighted by Gasteiger charge is 2.27. The molecule has 7 heteroatoms. The van der Waals surface area contributed by atoms with Crippen LogP contribution in [0.3, 0.4) is 0 Å². The van der Waals surface area contributed by atoms with E-state index in [1.807, 2.05) is 27.8 Å². The third-order valence-electron chi connectivity index (χ3n) is 5.02. The van der Waals surface area contributed by atoms with Gasteiger partial charge in [-0.25, -0.2) is 0 Å². The summed E-state index contributed by atoms with van der Waals surface area (Å²) >= 11 is 0. The van der Waals surface area contributed by atoms with Gasteiger partial charge >= 0.3 is 0 Å². The molecule has 0 aromatic rings. The molecule has 0 aromatic heterocycles. The van der Waals surface area contributed by atoms with Gasteiger partial charge in [-0.05, 0) is 59.0 Å². The Morgan fingerprint density at radius 2 is 1.88 bits per heavy atom. The highest BCUT2D eigenvalue weighted by molar-refractivity contribution is 14.0. The van der Waals surface area contributed by atoms with E-state index in [1.54, 1.807) is 0 Å². The molecule has 0 amide bonds. The number of hydrogen-bond acceptors (Lipinski definition) is 3. The number of piperidine rings is 1. The summed E-state index contributed by atoms with van der Waals surface area (Å²) in [6.45, 7) is 12.8. The number of nitrogens with zero attached hydrogens (tertiary/aromatic N) is 3. The van der Waals surface area contributed by atoms with E-state index in [9.17, 15) is 4.21 Å². The van der Waals surface area contributed by atoms with E-state index in [0.717, 1.165) is 31.5 Å². The molecular formula is C18H37IN4OS. The molecule has 1 N–H and O–H groups in total. The van der Waals surface area contributed by atoms with E-state index < -0.39 is 10.8 Å². The average molecular weight is 484 g/mol. The molecule has 0 radical (unpaired) electrons. The lowest BCUT2D eigenvalue weighted by atomic mass is 10.1. The zero-order chi connectivity index (χ0) is 17.6. The molecule has 2 rings (SSSR count). The van der Waals surface area contributed by atoms with Gasteiger partial charge in [-0.1, -0.05) is 6.42 Å². The van der Waals surface area contributed by atoms with Crippen LogP contribution in [0.2, 0.25) is 0 Å². The number of nitrogens with one attached hydrogen (secondary N) is 1. The van der Waals surface area contributed by atoms with E-state index in [4.69, 9.17) is 0 Å². The van der Waals surface area contributed by atoms with Crippen molar-refractivity contribution in [1.82, 2.24) is 15.1 Å². The maximum Gasteiger partial charge on any atom is 0.193 e. The number of guanidine groups is 1. The van der Waals surface area contributed by atoms with E-state index in [0.29, 0.717) is 5.75 Å². The molecule has 0 saturated carbocycles. The first-order valence-electron chi connectivity index (χ1n) is 9.46. The van der Waals surface area contributed by atoms with Gasteiger partial charge < -0.3 is 15.1 Å². The van der Waals surface area contributed by atoms with Crippen molar-refractivity contribution in [2.45, 2.75) is 51.2 Å². The molecule has 25 heavy (non-hydrogen) atoms. The van der Waals surface area contributed by atoms with Gasteiger partial charge in [-0.15, -0.1) is 24.0 Å². The van der Waals surface area contributed by atoms with Gasteiger partial charge in [0.2, 0.25) is 0 Å². The summed E-state index contributed by atoms with van der Waals surface area (Å²) in [4.78, 5) is 9.44. The van der Waals surface area contributed by atoms with Crippen molar-refractivity contribution in [2.75, 3.05) is 52.1 Å². The normalized spacial score (nSPS) is 24.1. The zero-order valence-electron chi connectivity index (χ0n) is 16.4. The Kier molecular flexibility index (Phi) is 10.2. The lowest BCUT2D eigenvalue weighted by Crippen LogP contribution is -2.43. The molecule has 148 valence electrons. The second kappa shape index (κ2) is 11.1. The molecule has 5 nitrogen and oxygen atoms in total. The van der Waals surface area contributed by atoms with Crippen molar-refractivity contribution >= 4 is 40.7 Å². The zero-order valence-corrected chi connectivity index (χ0v) is 19.6. The highest BCUT2D eigenvalue weighted by Crippen LogP contribution is 2.20. The van der Waals surface area contributed by atoms with Gasteiger partial charge in [0.25, 0.3) is 0 Å². The van der Waals surface area contributed by atoms with Crippen LogP contribution in [0.4, 0.5) is 0 Å². The summed E-state index contributed by atoms with van der Waals surface area (Å²) in [5.74, 6) is 2.40. The fourth-order valence-corrected chi connectivity index (χ4v) is 4.48. The third-order valence-corrected chi connectivity index (χ3v) is 6.96. The number of hydrogen-bond donors (Lipinski definition) is 1. The fraction of sp³-hybridized carbons (Fsp3) is 0.944. The fourth-order valence-electron chi connectivity index (χ4n) is 3.58. The van der Waals surface area contributed by atoms with E-state index in [-0.39, 0.29) is 28.7 Å². The summed E-state index contributed by atoms with van der Waals surface area (Å²) in [5.41, 5.74) is 0. The van der Waals surface area contributed by atoms with Crippen LogP contribution in [0, 0.1) is 5.92 Å². The van der Waals surface area contributed by atoms with Crippen molar-refractivity contribution < 1.29 is 4.21 Å². The third kappa shape index (κ3) is 7.71. The molecule has 0 aliphatic carbocycles. The first-order valence-corrected chi connectivity index (χ1v) is 10.8. The van der Waals surface area contributed by atoms with Crippen molar-refractivity contribution in [1.29, 1.82) is 0 Å². The van der Waals surface area contributed by atoms with Crippen molar-refractivity contribution in [3.05, 3.63) is 0 Å². The van der Waals surface area contributed by atoms with E-state index >= 15 is 0 Å². The number of likely N-dealkylation sites (tertiary alicyclic amines) is 2. The Morgan fingerprint density at radius 3 is 2.48 bits per heavy atom. The standard InChI is InChI=1S/C18H36N4OS.HI/c1-18(2,3)24(23)13-9-20-17(19-4)22-12-8-16(15-22)14-21-10-6-5-7-11-21;/h16H,5-15H2,1-4H3,(H,19,20);1H. The average Bonchev–Trinajstić information content (AvgIpc) is 2.99. The van der Waals surface area contributed by atoms with Gasteiger partial charge in [0.15, 0.2) is 5.96 Å². The van der Waals surface area contributed by atoms with Crippen molar-refractivity contribution in [2.24, 2.45) is 10.9 Å². The lowest BCUT2D eigenvalue weighted by Gasteiger charge is -2.29. The Balaban J connectivity index is 0.00000312. The van der Waals surface area contributed by atoms with Crippen LogP contribution in [-0.4, -0.2) is 76.8 Å². The van der Waals surface area contributed by atoms with Gasteiger partial charge in [-0.3, -0.25) is 9.20 Å². The predicted molar refractivity (Wildman–Crippen MR) is 120 cm³/mol. The number of aliphatic imine (C=N–C) groups is 1. The molecule has 2 aliphatic rings. The molecule has 2 aliphatic heterocycles. The molecule has 0 aromatic carbocycles. The SMILES string of the molecule is CN=C(NCCS(=O)C(C)(C)C)N1CCC(CN2CCCCC2)C1.I. The largest absolute Gasteiger partial charge is 0.355 e. The maximum absolute atomic E-state index is 12.1. The first-order chi connectivity index (χ1) is 11.4. The smallest absolute Gasteiger partial charge is 0.193 e. The van der Waals surface area contributed by atoms with Crippen LogP contribution in [0.1, 0.15) is 46.5 Å². The molecule has 0 bridgehead atoms. The molecule has 2 unspecified atom stereocenters. The van der Waals surface area contributed by atoms with Crippen molar-refractivity contribution in [3.8, 4) is 0 Å². The van der Waals surface area contributed by atoms with Gasteiger partial charge in [0.1, 0.15) is 0 Å². The summed E-state index contributed by atoms with van der Waals surface area (Å²) < 4.78 is 12.0. The minimum absolute atomic E-state index is 0. The topological polar surface area (TPSA) is 47.9 Å². The minimum atomic E-state index is -0.812. The number of halogens is 1. The minimum Gasteiger partial charge on any atom is -0.355 e. The van der Waals surface area contributed by atoms with Gasteiger partial charge in [-0.2, -0.15) is 0 Å². The van der Waals surface area contributed by atoms with Crippen LogP contribution >= 0.6 is 24.0 Å². The summed E-state index contributed by atoms with van der Waals surface area (Å²) in [6, 6.07) is 0. The quantitative estimate of drug-likeness (QED) is 0.370. The first kappa shape index (κ1) is 23.1.